The molecular weight excluding hydrogens is 430 g/mol. The fourth-order valence-electron chi connectivity index (χ4n) is 3.80. The zero-order valence-corrected chi connectivity index (χ0v) is 18.2. The van der Waals surface area contributed by atoms with Gasteiger partial charge in [-0.05, 0) is 55.3 Å². The fraction of sp³-hybridized carbons (Fsp3) is 0.217. The van der Waals surface area contributed by atoms with Crippen molar-refractivity contribution in [3.05, 3.63) is 84.8 Å². The minimum atomic E-state index is -0.695. The van der Waals surface area contributed by atoms with Gasteiger partial charge < -0.3 is 14.2 Å². The Morgan fingerprint density at radius 3 is 2.81 bits per heavy atom. The third-order valence-electron chi connectivity index (χ3n) is 5.23. The Kier molecular flexibility index (Phi) is 5.10. The van der Waals surface area contributed by atoms with Crippen molar-refractivity contribution in [2.24, 2.45) is 4.99 Å². The largest absolute Gasteiger partial charge is 0.463 e. The normalized spacial score (nSPS) is 17.2. The maximum atomic E-state index is 13.5. The van der Waals surface area contributed by atoms with Crippen LogP contribution >= 0.6 is 11.3 Å². The van der Waals surface area contributed by atoms with E-state index in [-0.39, 0.29) is 19.0 Å². The van der Waals surface area contributed by atoms with Crippen LogP contribution in [0.1, 0.15) is 31.0 Å². The van der Waals surface area contributed by atoms with Crippen molar-refractivity contribution in [1.29, 1.82) is 0 Å². The van der Waals surface area contributed by atoms with Crippen molar-refractivity contribution in [1.82, 2.24) is 9.55 Å². The highest BCUT2D eigenvalue weighted by atomic mass is 32.1. The van der Waals surface area contributed by atoms with E-state index in [0.717, 1.165) is 5.56 Å². The highest BCUT2D eigenvalue weighted by Gasteiger charge is 2.34. The topological polar surface area (TPSA) is 92.0 Å². The molecule has 32 heavy (non-hydrogen) atoms. The smallest absolute Gasteiger partial charge is 0.338 e. The van der Waals surface area contributed by atoms with Crippen molar-refractivity contribution in [2.75, 3.05) is 13.4 Å². The van der Waals surface area contributed by atoms with Crippen LogP contribution in [0, 0.1) is 0 Å². The molecule has 1 aromatic carbocycles. The zero-order chi connectivity index (χ0) is 22.2. The number of ether oxygens (including phenoxy) is 3. The minimum absolute atomic E-state index is 0.132. The van der Waals surface area contributed by atoms with E-state index >= 15 is 0 Å². The van der Waals surface area contributed by atoms with Crippen molar-refractivity contribution in [3.8, 4) is 11.5 Å². The van der Waals surface area contributed by atoms with Crippen LogP contribution in [-0.2, 0) is 9.53 Å². The Balaban J connectivity index is 1.73. The predicted molar refractivity (Wildman–Crippen MR) is 117 cm³/mol. The van der Waals surface area contributed by atoms with Crippen LogP contribution in [-0.4, -0.2) is 28.9 Å². The lowest BCUT2D eigenvalue weighted by Crippen LogP contribution is -2.39. The van der Waals surface area contributed by atoms with Crippen LogP contribution in [0.15, 0.2) is 63.8 Å². The second-order valence-corrected chi connectivity index (χ2v) is 8.20. The number of thiazole rings is 1. The van der Waals surface area contributed by atoms with Gasteiger partial charge in [0.25, 0.3) is 5.56 Å². The molecule has 4 heterocycles. The molecule has 2 aliphatic rings. The van der Waals surface area contributed by atoms with E-state index in [1.807, 2.05) is 18.2 Å². The van der Waals surface area contributed by atoms with Crippen LogP contribution < -0.4 is 24.4 Å². The van der Waals surface area contributed by atoms with E-state index in [1.54, 1.807) is 49.0 Å². The second-order valence-electron chi connectivity index (χ2n) is 7.20. The Labute approximate surface area is 186 Å². The van der Waals surface area contributed by atoms with Crippen molar-refractivity contribution < 1.29 is 19.0 Å². The molecule has 0 radical (unpaired) electrons. The van der Waals surface area contributed by atoms with Crippen LogP contribution in [0.25, 0.3) is 6.08 Å². The summed E-state index contributed by atoms with van der Waals surface area (Å²) in [6.07, 6.45) is 5.13. The summed E-state index contributed by atoms with van der Waals surface area (Å²) >= 11 is 1.28. The maximum Gasteiger partial charge on any atom is 0.338 e. The zero-order valence-electron chi connectivity index (χ0n) is 17.4. The lowest BCUT2D eigenvalue weighted by molar-refractivity contribution is -0.139. The molecule has 0 amide bonds. The average molecular weight is 449 g/mol. The van der Waals surface area contributed by atoms with Gasteiger partial charge in [0.2, 0.25) is 6.79 Å². The molecule has 5 rings (SSSR count). The van der Waals surface area contributed by atoms with Gasteiger partial charge >= 0.3 is 5.97 Å². The number of aromatic nitrogens is 2. The summed E-state index contributed by atoms with van der Waals surface area (Å²) < 4.78 is 18.3. The van der Waals surface area contributed by atoms with Gasteiger partial charge in [0, 0.05) is 12.4 Å². The third-order valence-corrected chi connectivity index (χ3v) is 6.22. The third kappa shape index (κ3) is 3.40. The van der Waals surface area contributed by atoms with Gasteiger partial charge in [-0.1, -0.05) is 17.4 Å². The Hall–Kier alpha value is -3.72. The van der Waals surface area contributed by atoms with Gasteiger partial charge in [0.15, 0.2) is 16.3 Å². The highest BCUT2D eigenvalue weighted by Crippen LogP contribution is 2.38. The number of allylic oxidation sites excluding steroid dienone is 1. The first-order valence-electron chi connectivity index (χ1n) is 10.1. The predicted octanol–water partition coefficient (Wildman–Crippen LogP) is 1.92. The summed E-state index contributed by atoms with van der Waals surface area (Å²) in [6.45, 7) is 3.85. The average Bonchev–Trinajstić information content (AvgIpc) is 3.37. The van der Waals surface area contributed by atoms with Crippen molar-refractivity contribution >= 4 is 23.4 Å². The molecule has 0 saturated heterocycles. The second kappa shape index (κ2) is 8.08. The summed E-state index contributed by atoms with van der Waals surface area (Å²) in [6, 6.07) is 8.36. The highest BCUT2D eigenvalue weighted by molar-refractivity contribution is 7.07. The van der Waals surface area contributed by atoms with Crippen LogP contribution in [0.3, 0.4) is 0 Å². The molecule has 3 aromatic rings. The standard InChI is InChI=1S/C23H19N3O5S/c1-3-29-22(28)19-13(2)25-23-26(20(19)15-4-5-16-17(11-15)31-12-30-16)21(27)18(32-23)10-14-6-8-24-9-7-14/h4-11,20H,3,12H2,1-2H3/t20-/m0/s1. The lowest BCUT2D eigenvalue weighted by atomic mass is 9.95. The van der Waals surface area contributed by atoms with E-state index in [0.29, 0.717) is 37.7 Å². The number of hydrogen-bond acceptors (Lipinski definition) is 8. The molecule has 0 bridgehead atoms. The molecule has 2 aromatic heterocycles. The number of carbonyl (C=O) groups excluding carboxylic acids is 1. The number of nitrogens with zero attached hydrogens (tertiary/aromatic N) is 3. The van der Waals surface area contributed by atoms with Crippen LogP contribution in [0.5, 0.6) is 11.5 Å². The van der Waals surface area contributed by atoms with E-state index in [1.165, 1.54) is 11.3 Å². The molecular formula is C23H19N3O5S. The van der Waals surface area contributed by atoms with Gasteiger partial charge in [0.05, 0.1) is 28.5 Å². The number of carbonyl (C=O) groups is 1. The lowest BCUT2D eigenvalue weighted by Gasteiger charge is -2.24. The van der Waals surface area contributed by atoms with Gasteiger partial charge in [0.1, 0.15) is 0 Å². The molecule has 8 nitrogen and oxygen atoms in total. The summed E-state index contributed by atoms with van der Waals surface area (Å²) in [5, 5.41) is 0. The van der Waals surface area contributed by atoms with Gasteiger partial charge in [-0.25, -0.2) is 9.79 Å². The van der Waals surface area contributed by atoms with Gasteiger partial charge in [-0.3, -0.25) is 14.3 Å². The molecule has 0 N–H and O–H groups in total. The molecule has 162 valence electrons. The molecule has 0 fully saturated rings. The number of pyridine rings is 1. The number of rotatable bonds is 4. The van der Waals surface area contributed by atoms with Crippen LogP contribution in [0.4, 0.5) is 0 Å². The first-order chi connectivity index (χ1) is 15.6. The number of fused-ring (bicyclic) bond motifs is 2. The summed E-state index contributed by atoms with van der Waals surface area (Å²) in [4.78, 5) is 35.5. The monoisotopic (exact) mass is 449 g/mol. The number of benzene rings is 1. The first kappa shape index (κ1) is 20.2. The maximum absolute atomic E-state index is 13.5. The van der Waals surface area contributed by atoms with E-state index in [2.05, 4.69) is 9.98 Å². The Morgan fingerprint density at radius 2 is 2.03 bits per heavy atom. The molecule has 0 spiro atoms. The quantitative estimate of drug-likeness (QED) is 0.565. The summed E-state index contributed by atoms with van der Waals surface area (Å²) in [5.74, 6) is 0.691. The molecule has 0 aliphatic carbocycles. The van der Waals surface area contributed by atoms with E-state index < -0.39 is 12.0 Å². The van der Waals surface area contributed by atoms with E-state index in [9.17, 15) is 9.59 Å². The molecule has 1 atom stereocenters. The van der Waals surface area contributed by atoms with E-state index in [4.69, 9.17) is 14.2 Å². The van der Waals surface area contributed by atoms with Crippen molar-refractivity contribution in [3.63, 3.8) is 0 Å². The first-order valence-corrected chi connectivity index (χ1v) is 10.9. The minimum Gasteiger partial charge on any atom is -0.463 e. The molecule has 2 aliphatic heterocycles. The Morgan fingerprint density at radius 1 is 1.25 bits per heavy atom. The summed E-state index contributed by atoms with van der Waals surface area (Å²) in [7, 11) is 0. The van der Waals surface area contributed by atoms with Crippen molar-refractivity contribution in [2.45, 2.75) is 19.9 Å². The molecule has 9 heteroatoms. The molecule has 0 unspecified atom stereocenters. The number of esters is 1. The van der Waals surface area contributed by atoms with Gasteiger partial charge in [-0.15, -0.1) is 0 Å². The Bertz CT molecular complexity index is 1420. The SMILES string of the molecule is CCOC(=O)C1=C(C)N=c2sc(=Cc3ccncc3)c(=O)n2[C@H]1c1ccc2c(c1)OCO2. The fourth-order valence-corrected chi connectivity index (χ4v) is 4.85. The number of hydrogen-bond donors (Lipinski definition) is 0. The summed E-state index contributed by atoms with van der Waals surface area (Å²) in [5.41, 5.74) is 2.17. The van der Waals surface area contributed by atoms with Crippen LogP contribution in [0.2, 0.25) is 0 Å². The van der Waals surface area contributed by atoms with Gasteiger partial charge in [-0.2, -0.15) is 0 Å². The molecule has 0 saturated carbocycles.